The van der Waals surface area contributed by atoms with Crippen molar-refractivity contribution in [2.45, 2.75) is 33.2 Å². The van der Waals surface area contributed by atoms with E-state index in [1.807, 2.05) is 20.0 Å². The van der Waals surface area contributed by atoms with Gasteiger partial charge >= 0.3 is 0 Å². The minimum absolute atomic E-state index is 0.307. The van der Waals surface area contributed by atoms with E-state index in [9.17, 15) is 4.39 Å². The number of nitrogens with one attached hydrogen (secondary N) is 1. The second-order valence-corrected chi connectivity index (χ2v) is 4.13. The highest BCUT2D eigenvalue weighted by molar-refractivity contribution is 5.42. The molecule has 0 heterocycles. The Bertz CT molecular complexity index is 324. The van der Waals surface area contributed by atoms with E-state index >= 15 is 0 Å². The van der Waals surface area contributed by atoms with Crippen LogP contribution in [0, 0.1) is 0 Å². The fourth-order valence-corrected chi connectivity index (χ4v) is 1.09. The molecule has 0 aromatic carbocycles. The van der Waals surface area contributed by atoms with Gasteiger partial charge in [-0.2, -0.15) is 0 Å². The summed E-state index contributed by atoms with van der Waals surface area (Å²) in [7, 11) is 1.91. The topological polar surface area (TPSA) is 12.0 Å². The summed E-state index contributed by atoms with van der Waals surface area (Å²) < 4.78 is 13.5. The molecule has 16 heavy (non-hydrogen) atoms. The van der Waals surface area contributed by atoms with Crippen LogP contribution in [0.1, 0.15) is 27.2 Å². The minimum Gasteiger partial charge on any atom is -0.317 e. The van der Waals surface area contributed by atoms with E-state index in [0.29, 0.717) is 17.2 Å². The quantitative estimate of drug-likeness (QED) is 0.673. The van der Waals surface area contributed by atoms with Gasteiger partial charge in [0.25, 0.3) is 0 Å². The summed E-state index contributed by atoms with van der Waals surface area (Å²) in [5.41, 5.74) is 2.00. The Hall–Kier alpha value is -1.15. The van der Waals surface area contributed by atoms with Crippen LogP contribution in [0.5, 0.6) is 0 Å². The lowest BCUT2D eigenvalue weighted by Gasteiger charge is -2.08. The summed E-state index contributed by atoms with van der Waals surface area (Å²) in [6.45, 7) is 13.1. The summed E-state index contributed by atoms with van der Waals surface area (Å²) in [4.78, 5) is 0. The predicted octanol–water partition coefficient (Wildman–Crippen LogP) is 3.92. The van der Waals surface area contributed by atoms with Crippen LogP contribution in [-0.4, -0.2) is 13.1 Å². The maximum atomic E-state index is 13.5. The van der Waals surface area contributed by atoms with E-state index < -0.39 is 0 Å². The summed E-state index contributed by atoms with van der Waals surface area (Å²) in [6, 6.07) is 0.385. The molecule has 0 radical (unpaired) electrons. The zero-order valence-electron chi connectivity index (χ0n) is 10.7. The van der Waals surface area contributed by atoms with Gasteiger partial charge in [0.05, 0.1) is 0 Å². The molecule has 90 valence electrons. The number of hydrogen-bond acceptors (Lipinski definition) is 1. The van der Waals surface area contributed by atoms with E-state index in [1.165, 1.54) is 6.08 Å². The number of allylic oxidation sites excluding steroid dienone is 5. The standard InChI is InChI=1S/C14H22FN/c1-10(2)9-14(15)13(5)11(3)7-8-12(4)16-6/h7,9,12,16H,1,5,8H2,2-4,6H3/b11-7+,14-9+. The molecular formula is C14H22FN. The van der Waals surface area contributed by atoms with Gasteiger partial charge in [0.1, 0.15) is 5.83 Å². The summed E-state index contributed by atoms with van der Waals surface area (Å²) in [5, 5.41) is 3.12. The molecule has 1 atom stereocenters. The SMILES string of the molecule is C=C(C)/C=C(/F)C(=C)/C(C)=C/CC(C)NC. The van der Waals surface area contributed by atoms with Crippen LogP contribution < -0.4 is 5.32 Å². The first-order chi connectivity index (χ1) is 7.38. The van der Waals surface area contributed by atoms with Gasteiger partial charge in [0.2, 0.25) is 0 Å². The monoisotopic (exact) mass is 223 g/mol. The first-order valence-corrected chi connectivity index (χ1v) is 5.44. The fraction of sp³-hybridized carbons (Fsp3) is 0.429. The molecule has 0 aromatic rings. The van der Waals surface area contributed by atoms with Crippen molar-refractivity contribution >= 4 is 0 Å². The molecule has 0 fully saturated rings. The number of rotatable bonds is 6. The molecule has 0 aliphatic heterocycles. The largest absolute Gasteiger partial charge is 0.317 e. The smallest absolute Gasteiger partial charge is 0.130 e. The molecule has 0 spiro atoms. The third-order valence-corrected chi connectivity index (χ3v) is 2.41. The molecule has 0 saturated carbocycles. The van der Waals surface area contributed by atoms with Crippen LogP contribution in [-0.2, 0) is 0 Å². The molecule has 0 aliphatic carbocycles. The van der Waals surface area contributed by atoms with Crippen molar-refractivity contribution in [3.63, 3.8) is 0 Å². The van der Waals surface area contributed by atoms with Gasteiger partial charge in [-0.3, -0.25) is 0 Å². The third kappa shape index (κ3) is 5.66. The van der Waals surface area contributed by atoms with Gasteiger partial charge in [0, 0.05) is 11.6 Å². The molecule has 1 unspecified atom stereocenters. The second-order valence-electron chi connectivity index (χ2n) is 4.13. The van der Waals surface area contributed by atoms with Gasteiger partial charge in [-0.25, -0.2) is 4.39 Å². The molecule has 0 saturated heterocycles. The average molecular weight is 223 g/mol. The van der Waals surface area contributed by atoms with Crippen LogP contribution in [0.2, 0.25) is 0 Å². The Morgan fingerprint density at radius 2 is 1.94 bits per heavy atom. The Kier molecular flexibility index (Phi) is 6.66. The number of hydrogen-bond donors (Lipinski definition) is 1. The molecule has 0 aliphatic rings. The van der Waals surface area contributed by atoms with Crippen molar-refractivity contribution in [1.82, 2.24) is 5.32 Å². The van der Waals surface area contributed by atoms with E-state index in [2.05, 4.69) is 25.4 Å². The zero-order valence-corrected chi connectivity index (χ0v) is 10.7. The molecule has 0 rings (SSSR count). The molecule has 2 heteroatoms. The van der Waals surface area contributed by atoms with Gasteiger partial charge < -0.3 is 5.32 Å². The summed E-state index contributed by atoms with van der Waals surface area (Å²) in [6.07, 6.45) is 4.26. The van der Waals surface area contributed by atoms with E-state index in [1.54, 1.807) is 6.92 Å². The van der Waals surface area contributed by atoms with Crippen molar-refractivity contribution in [3.05, 3.63) is 47.9 Å². The Labute approximate surface area is 98.4 Å². The third-order valence-electron chi connectivity index (χ3n) is 2.41. The average Bonchev–Trinajstić information content (AvgIpc) is 2.23. The highest BCUT2D eigenvalue weighted by Gasteiger charge is 2.04. The van der Waals surface area contributed by atoms with Crippen molar-refractivity contribution in [2.24, 2.45) is 0 Å². The minimum atomic E-state index is -0.307. The molecule has 0 aromatic heterocycles. The summed E-state index contributed by atoms with van der Waals surface area (Å²) in [5.74, 6) is -0.307. The van der Waals surface area contributed by atoms with Gasteiger partial charge in [-0.05, 0) is 45.9 Å². The molecule has 0 bridgehead atoms. The molecule has 0 amide bonds. The fourth-order valence-electron chi connectivity index (χ4n) is 1.09. The van der Waals surface area contributed by atoms with Crippen LogP contribution in [0.4, 0.5) is 4.39 Å². The lowest BCUT2D eigenvalue weighted by atomic mass is 10.0. The molecule has 1 N–H and O–H groups in total. The Balaban J connectivity index is 4.55. The predicted molar refractivity (Wildman–Crippen MR) is 70.0 cm³/mol. The van der Waals surface area contributed by atoms with Crippen molar-refractivity contribution in [1.29, 1.82) is 0 Å². The van der Waals surface area contributed by atoms with Gasteiger partial charge in [0.15, 0.2) is 0 Å². The van der Waals surface area contributed by atoms with Crippen LogP contribution in [0.15, 0.2) is 47.9 Å². The van der Waals surface area contributed by atoms with Crippen LogP contribution >= 0.6 is 0 Å². The second kappa shape index (κ2) is 7.18. The lowest BCUT2D eigenvalue weighted by molar-refractivity contribution is 0.617. The Morgan fingerprint density at radius 3 is 2.38 bits per heavy atom. The first-order valence-electron chi connectivity index (χ1n) is 5.44. The van der Waals surface area contributed by atoms with Crippen molar-refractivity contribution < 1.29 is 4.39 Å². The maximum Gasteiger partial charge on any atom is 0.130 e. The highest BCUT2D eigenvalue weighted by Crippen LogP contribution is 2.20. The van der Waals surface area contributed by atoms with E-state index in [4.69, 9.17) is 0 Å². The summed E-state index contributed by atoms with van der Waals surface area (Å²) >= 11 is 0. The zero-order chi connectivity index (χ0) is 12.7. The van der Waals surface area contributed by atoms with E-state index in [0.717, 1.165) is 12.0 Å². The van der Waals surface area contributed by atoms with Crippen LogP contribution in [0.25, 0.3) is 0 Å². The number of halogens is 1. The first kappa shape index (κ1) is 14.8. The van der Waals surface area contributed by atoms with Gasteiger partial charge in [-0.1, -0.05) is 24.8 Å². The normalized spacial score (nSPS) is 14.8. The lowest BCUT2D eigenvalue weighted by Crippen LogP contribution is -2.19. The maximum absolute atomic E-state index is 13.5. The van der Waals surface area contributed by atoms with Gasteiger partial charge in [-0.15, -0.1) is 0 Å². The molecule has 1 nitrogen and oxygen atoms in total. The van der Waals surface area contributed by atoms with Crippen molar-refractivity contribution in [3.8, 4) is 0 Å². The van der Waals surface area contributed by atoms with E-state index in [-0.39, 0.29) is 5.83 Å². The molecular weight excluding hydrogens is 201 g/mol. The highest BCUT2D eigenvalue weighted by atomic mass is 19.1. The van der Waals surface area contributed by atoms with Crippen molar-refractivity contribution in [2.75, 3.05) is 7.05 Å². The Morgan fingerprint density at radius 1 is 1.38 bits per heavy atom. The van der Waals surface area contributed by atoms with Crippen LogP contribution in [0.3, 0.4) is 0 Å².